The van der Waals surface area contributed by atoms with Gasteiger partial charge in [-0.3, -0.25) is 4.90 Å². The van der Waals surface area contributed by atoms with Crippen molar-refractivity contribution in [2.24, 2.45) is 0 Å². The minimum atomic E-state index is -4.15. The quantitative estimate of drug-likeness (QED) is 0.914. The number of nitrogens with one attached hydrogen (secondary N) is 1. The third-order valence-corrected chi connectivity index (χ3v) is 3.65. The van der Waals surface area contributed by atoms with E-state index < -0.39 is 18.6 Å². The fraction of sp³-hybridized carbons (Fsp3) is 0.600. The molecule has 1 aromatic carbocycles. The average molecular weight is 323 g/mol. The van der Waals surface area contributed by atoms with Crippen LogP contribution in [0.4, 0.5) is 13.2 Å². The summed E-state index contributed by atoms with van der Waals surface area (Å²) in [4.78, 5) is 1.94. The molecule has 2 rings (SSSR count). The minimum absolute atomic E-state index is 0. The van der Waals surface area contributed by atoms with Crippen LogP contribution in [0, 0.1) is 13.8 Å². The van der Waals surface area contributed by atoms with Gasteiger partial charge in [0.05, 0.1) is 6.42 Å². The first-order valence-corrected chi connectivity index (χ1v) is 6.95. The SMILES string of the molecule is Cc1cc(C)cc([C@H](CC(F)(F)F)N2CCNCC2)c1.Cl. The molecule has 0 aliphatic carbocycles. The molecule has 1 saturated heterocycles. The number of benzene rings is 1. The molecule has 0 bridgehead atoms. The number of piperazine rings is 1. The summed E-state index contributed by atoms with van der Waals surface area (Å²) in [5.74, 6) is 0. The zero-order chi connectivity index (χ0) is 14.8. The Kier molecular flexibility index (Phi) is 6.50. The van der Waals surface area contributed by atoms with E-state index in [1.54, 1.807) is 0 Å². The van der Waals surface area contributed by atoms with Crippen molar-refractivity contribution in [1.82, 2.24) is 10.2 Å². The van der Waals surface area contributed by atoms with Gasteiger partial charge in [-0.25, -0.2) is 0 Å². The summed E-state index contributed by atoms with van der Waals surface area (Å²) in [5, 5.41) is 3.18. The van der Waals surface area contributed by atoms with E-state index in [1.165, 1.54) is 0 Å². The first kappa shape index (κ1) is 18.3. The molecular formula is C15H22ClF3N2. The smallest absolute Gasteiger partial charge is 0.314 e. The lowest BCUT2D eigenvalue weighted by atomic mass is 9.97. The van der Waals surface area contributed by atoms with Crippen LogP contribution in [0.2, 0.25) is 0 Å². The number of hydrogen-bond donors (Lipinski definition) is 1. The predicted molar refractivity (Wildman–Crippen MR) is 81.0 cm³/mol. The molecule has 1 heterocycles. The second-order valence-corrected chi connectivity index (χ2v) is 5.54. The second kappa shape index (κ2) is 7.47. The summed E-state index contributed by atoms with van der Waals surface area (Å²) >= 11 is 0. The normalized spacial score (nSPS) is 18.1. The minimum Gasteiger partial charge on any atom is -0.314 e. The lowest BCUT2D eigenvalue weighted by Crippen LogP contribution is -2.46. The first-order chi connectivity index (χ1) is 9.35. The Labute approximate surface area is 130 Å². The number of alkyl halides is 3. The molecule has 1 N–H and O–H groups in total. The van der Waals surface area contributed by atoms with Gasteiger partial charge in [-0.2, -0.15) is 13.2 Å². The molecule has 6 heteroatoms. The van der Waals surface area contributed by atoms with E-state index in [1.807, 2.05) is 36.9 Å². The van der Waals surface area contributed by atoms with Crippen LogP contribution in [0.5, 0.6) is 0 Å². The molecular weight excluding hydrogens is 301 g/mol. The highest BCUT2D eigenvalue weighted by atomic mass is 35.5. The molecule has 0 saturated carbocycles. The van der Waals surface area contributed by atoms with Crippen molar-refractivity contribution in [3.63, 3.8) is 0 Å². The van der Waals surface area contributed by atoms with E-state index in [0.717, 1.165) is 29.8 Å². The van der Waals surface area contributed by atoms with Gasteiger partial charge in [0.1, 0.15) is 0 Å². The Hall–Kier alpha value is -0.780. The first-order valence-electron chi connectivity index (χ1n) is 6.95. The van der Waals surface area contributed by atoms with Crippen molar-refractivity contribution < 1.29 is 13.2 Å². The van der Waals surface area contributed by atoms with Gasteiger partial charge >= 0.3 is 6.18 Å². The summed E-state index contributed by atoms with van der Waals surface area (Å²) < 4.78 is 38.7. The fourth-order valence-corrected chi connectivity index (χ4v) is 2.87. The summed E-state index contributed by atoms with van der Waals surface area (Å²) in [6.45, 7) is 6.68. The van der Waals surface area contributed by atoms with Gasteiger partial charge in [0.2, 0.25) is 0 Å². The fourth-order valence-electron chi connectivity index (χ4n) is 2.87. The summed E-state index contributed by atoms with van der Waals surface area (Å²) in [6, 6.07) is 5.18. The summed E-state index contributed by atoms with van der Waals surface area (Å²) in [5.41, 5.74) is 2.81. The molecule has 120 valence electrons. The second-order valence-electron chi connectivity index (χ2n) is 5.54. The van der Waals surface area contributed by atoms with Crippen molar-refractivity contribution in [2.75, 3.05) is 26.2 Å². The maximum Gasteiger partial charge on any atom is 0.390 e. The van der Waals surface area contributed by atoms with Gasteiger partial charge in [-0.15, -0.1) is 12.4 Å². The van der Waals surface area contributed by atoms with Gasteiger partial charge in [0, 0.05) is 32.2 Å². The highest BCUT2D eigenvalue weighted by molar-refractivity contribution is 5.85. The lowest BCUT2D eigenvalue weighted by Gasteiger charge is -2.36. The van der Waals surface area contributed by atoms with Gasteiger partial charge in [-0.1, -0.05) is 29.3 Å². The third-order valence-electron chi connectivity index (χ3n) is 3.65. The molecule has 1 aromatic rings. The number of hydrogen-bond acceptors (Lipinski definition) is 2. The molecule has 0 unspecified atom stereocenters. The molecule has 1 atom stereocenters. The monoisotopic (exact) mass is 322 g/mol. The van der Waals surface area contributed by atoms with Crippen molar-refractivity contribution in [1.29, 1.82) is 0 Å². The topological polar surface area (TPSA) is 15.3 Å². The van der Waals surface area contributed by atoms with E-state index in [2.05, 4.69) is 5.32 Å². The molecule has 0 radical (unpaired) electrons. The van der Waals surface area contributed by atoms with Crippen molar-refractivity contribution in [3.8, 4) is 0 Å². The van der Waals surface area contributed by atoms with Crippen LogP contribution in [-0.4, -0.2) is 37.3 Å². The molecule has 0 spiro atoms. The van der Waals surface area contributed by atoms with Crippen LogP contribution in [0.25, 0.3) is 0 Å². The molecule has 0 aromatic heterocycles. The Morgan fingerprint density at radius 1 is 1.10 bits per heavy atom. The number of halogens is 4. The van der Waals surface area contributed by atoms with Crippen LogP contribution in [0.1, 0.15) is 29.2 Å². The molecule has 1 aliphatic rings. The standard InChI is InChI=1S/C15H21F3N2.ClH/c1-11-7-12(2)9-13(8-11)14(10-15(16,17)18)20-5-3-19-4-6-20;/h7-9,14,19H,3-6,10H2,1-2H3;1H/t14-;/m0./s1. The van der Waals surface area contributed by atoms with Gasteiger partial charge < -0.3 is 5.32 Å². The predicted octanol–water partition coefficient (Wildman–Crippen LogP) is 3.62. The van der Waals surface area contributed by atoms with Gasteiger partial charge in [0.25, 0.3) is 0 Å². The van der Waals surface area contributed by atoms with E-state index in [0.29, 0.717) is 13.1 Å². The highest BCUT2D eigenvalue weighted by Crippen LogP contribution is 2.34. The number of aryl methyl sites for hydroxylation is 2. The zero-order valence-electron chi connectivity index (χ0n) is 12.3. The number of nitrogens with zero attached hydrogens (tertiary/aromatic N) is 1. The van der Waals surface area contributed by atoms with Crippen LogP contribution >= 0.6 is 12.4 Å². The van der Waals surface area contributed by atoms with Crippen molar-refractivity contribution >= 4 is 12.4 Å². The maximum atomic E-state index is 12.9. The van der Waals surface area contributed by atoms with Gasteiger partial charge in [0.15, 0.2) is 0 Å². The van der Waals surface area contributed by atoms with Crippen molar-refractivity contribution in [2.45, 2.75) is 32.5 Å². The average Bonchev–Trinajstić information content (AvgIpc) is 2.35. The molecule has 21 heavy (non-hydrogen) atoms. The van der Waals surface area contributed by atoms with E-state index >= 15 is 0 Å². The van der Waals surface area contributed by atoms with Crippen molar-refractivity contribution in [3.05, 3.63) is 34.9 Å². The van der Waals surface area contributed by atoms with Gasteiger partial charge in [-0.05, 0) is 19.4 Å². The molecule has 2 nitrogen and oxygen atoms in total. The summed E-state index contributed by atoms with van der Waals surface area (Å²) in [7, 11) is 0. The van der Waals surface area contributed by atoms with E-state index in [4.69, 9.17) is 0 Å². The number of rotatable bonds is 3. The van der Waals surface area contributed by atoms with Crippen LogP contribution in [0.3, 0.4) is 0 Å². The van der Waals surface area contributed by atoms with Crippen LogP contribution in [-0.2, 0) is 0 Å². The van der Waals surface area contributed by atoms with E-state index in [-0.39, 0.29) is 12.4 Å². The van der Waals surface area contributed by atoms with Crippen LogP contribution < -0.4 is 5.32 Å². The molecule has 1 fully saturated rings. The molecule has 1 aliphatic heterocycles. The Bertz CT molecular complexity index is 436. The Morgan fingerprint density at radius 2 is 1.62 bits per heavy atom. The largest absolute Gasteiger partial charge is 0.390 e. The summed E-state index contributed by atoms with van der Waals surface area (Å²) in [6.07, 6.45) is -4.93. The Morgan fingerprint density at radius 3 is 2.10 bits per heavy atom. The lowest BCUT2D eigenvalue weighted by molar-refractivity contribution is -0.148. The molecule has 0 amide bonds. The zero-order valence-corrected chi connectivity index (χ0v) is 13.2. The third kappa shape index (κ3) is 5.49. The van der Waals surface area contributed by atoms with Crippen LogP contribution in [0.15, 0.2) is 18.2 Å². The maximum absolute atomic E-state index is 12.9. The highest BCUT2D eigenvalue weighted by Gasteiger charge is 2.36. The van der Waals surface area contributed by atoms with E-state index in [9.17, 15) is 13.2 Å². The Balaban J connectivity index is 0.00000220.